The maximum atomic E-state index is 11.9. The molecule has 0 aliphatic carbocycles. The van der Waals surface area contributed by atoms with Crippen LogP contribution in [0.2, 0.25) is 10.0 Å². The first-order chi connectivity index (χ1) is 25.2. The van der Waals surface area contributed by atoms with Gasteiger partial charge >= 0.3 is 0 Å². The third-order valence-electron chi connectivity index (χ3n) is 9.13. The highest BCUT2D eigenvalue weighted by Gasteiger charge is 2.27. The van der Waals surface area contributed by atoms with Crippen LogP contribution < -0.4 is 35.2 Å². The zero-order chi connectivity index (χ0) is 36.8. The van der Waals surface area contributed by atoms with Crippen molar-refractivity contribution in [1.29, 1.82) is 0 Å². The second-order valence-corrected chi connectivity index (χ2v) is 13.2. The summed E-state index contributed by atoms with van der Waals surface area (Å²) >= 11 is 13.2. The number of hydroxylamine groups is 2. The van der Waals surface area contributed by atoms with Crippen LogP contribution in [-0.2, 0) is 45.4 Å². The number of hydrogen-bond donors (Lipinski definition) is 3. The van der Waals surface area contributed by atoms with Gasteiger partial charge in [0.2, 0.25) is 29.4 Å². The molecule has 0 spiro atoms. The van der Waals surface area contributed by atoms with Gasteiger partial charge in [-0.3, -0.25) is 24.6 Å². The Balaban J connectivity index is 1.13. The monoisotopic (exact) mass is 751 g/mol. The van der Waals surface area contributed by atoms with Gasteiger partial charge in [-0.2, -0.15) is 9.97 Å². The van der Waals surface area contributed by atoms with Gasteiger partial charge < -0.3 is 18.9 Å². The van der Waals surface area contributed by atoms with Crippen LogP contribution in [0.3, 0.4) is 0 Å². The molecule has 2 aliphatic rings. The molecule has 2 aromatic heterocycles. The van der Waals surface area contributed by atoms with E-state index >= 15 is 0 Å². The number of pyridine rings is 2. The number of nitrogens with zero attached hydrogens (tertiary/aromatic N) is 2. The number of carbonyl (C=O) groups is 2. The first-order valence-corrected chi connectivity index (χ1v) is 17.4. The summed E-state index contributed by atoms with van der Waals surface area (Å²) in [6.07, 6.45) is 1.12. The van der Waals surface area contributed by atoms with E-state index in [1.165, 1.54) is 14.2 Å². The molecule has 3 N–H and O–H groups in total. The van der Waals surface area contributed by atoms with Crippen LogP contribution >= 0.6 is 23.2 Å². The van der Waals surface area contributed by atoms with Crippen molar-refractivity contribution in [1.82, 2.24) is 26.2 Å². The van der Waals surface area contributed by atoms with Crippen molar-refractivity contribution in [3.63, 3.8) is 0 Å². The summed E-state index contributed by atoms with van der Waals surface area (Å²) in [6, 6.07) is 15.1. The maximum absolute atomic E-state index is 11.9. The highest BCUT2D eigenvalue weighted by atomic mass is 35.5. The van der Waals surface area contributed by atoms with Crippen LogP contribution in [0.1, 0.15) is 39.8 Å². The Morgan fingerprint density at radius 3 is 1.81 bits per heavy atom. The predicted octanol–water partition coefficient (Wildman–Crippen LogP) is 5.37. The third-order valence-corrected chi connectivity index (χ3v) is 9.67. The van der Waals surface area contributed by atoms with E-state index in [0.717, 1.165) is 38.9 Å². The summed E-state index contributed by atoms with van der Waals surface area (Å²) in [5.74, 6) is 0.620. The summed E-state index contributed by atoms with van der Waals surface area (Å²) in [6.45, 7) is 5.40. The van der Waals surface area contributed by atoms with Crippen molar-refractivity contribution < 1.29 is 38.2 Å². The van der Waals surface area contributed by atoms with Crippen LogP contribution in [-0.4, -0.2) is 55.3 Å². The topological polar surface area (TPSA) is 151 Å². The fraction of sp³-hybridized carbons (Fsp3) is 0.351. The lowest BCUT2D eigenvalue weighted by molar-refractivity contribution is -0.126. The SMILES string of the molecule is COc1nc(OCc2cccc(-c3cccc(COc4nc(OC)c(CN[C@@H]5CONC5=O)cc4Cl)c3C)c2C)c(Cl)cc1CC[C@@H]1CONC1=O. The zero-order valence-electron chi connectivity index (χ0n) is 29.1. The molecule has 2 fully saturated rings. The van der Waals surface area contributed by atoms with Gasteiger partial charge in [-0.25, -0.2) is 11.0 Å². The van der Waals surface area contributed by atoms with Crippen molar-refractivity contribution >= 4 is 35.0 Å². The number of hydrogen-bond acceptors (Lipinski definition) is 11. The van der Waals surface area contributed by atoms with E-state index in [1.54, 1.807) is 12.1 Å². The Labute approximate surface area is 311 Å². The second kappa shape index (κ2) is 16.8. The Kier molecular flexibility index (Phi) is 12.0. The normalized spacial score (nSPS) is 16.8. The summed E-state index contributed by atoms with van der Waals surface area (Å²) < 4.78 is 23.3. The molecule has 0 radical (unpaired) electrons. The molecule has 2 aliphatic heterocycles. The van der Waals surface area contributed by atoms with E-state index in [1.807, 2.05) is 31.2 Å². The van der Waals surface area contributed by atoms with Gasteiger partial charge in [0.25, 0.3) is 5.91 Å². The van der Waals surface area contributed by atoms with Gasteiger partial charge in [0.15, 0.2) is 0 Å². The molecule has 52 heavy (non-hydrogen) atoms. The quantitative estimate of drug-likeness (QED) is 0.144. The second-order valence-electron chi connectivity index (χ2n) is 12.4. The van der Waals surface area contributed by atoms with E-state index in [2.05, 4.69) is 45.3 Å². The summed E-state index contributed by atoms with van der Waals surface area (Å²) in [5.41, 5.74) is 12.2. The molecule has 2 amide bonds. The van der Waals surface area contributed by atoms with Crippen molar-refractivity contribution in [2.24, 2.45) is 5.92 Å². The predicted molar refractivity (Wildman–Crippen MR) is 192 cm³/mol. The van der Waals surface area contributed by atoms with Crippen molar-refractivity contribution in [3.8, 4) is 34.6 Å². The number of halogens is 2. The van der Waals surface area contributed by atoms with E-state index in [0.29, 0.717) is 53.4 Å². The third kappa shape index (κ3) is 8.35. The smallest absolute Gasteiger partial charge is 0.263 e. The summed E-state index contributed by atoms with van der Waals surface area (Å²) in [5, 5.41) is 3.78. The molecule has 15 heteroatoms. The molecule has 4 aromatic rings. The molecule has 0 unspecified atom stereocenters. The number of amides is 2. The van der Waals surface area contributed by atoms with Crippen molar-refractivity contribution in [2.75, 3.05) is 27.4 Å². The average Bonchev–Trinajstić information content (AvgIpc) is 3.76. The van der Waals surface area contributed by atoms with Gasteiger partial charge in [-0.15, -0.1) is 0 Å². The fourth-order valence-electron chi connectivity index (χ4n) is 6.05. The number of aryl methyl sites for hydroxylation is 1. The summed E-state index contributed by atoms with van der Waals surface area (Å²) in [7, 11) is 3.05. The fourth-order valence-corrected chi connectivity index (χ4v) is 6.51. The lowest BCUT2D eigenvalue weighted by Crippen LogP contribution is -2.37. The molecule has 0 bridgehead atoms. The standard InChI is InChI=1S/C37H39Cl2N5O8/c1-20-23(16-49-36-29(38)13-22(34(41-36)47-3)11-12-25-18-51-43-32(25)45)7-5-9-27(20)28-10-6-8-24(21(28)2)17-50-37-30(39)14-26(35(42-37)48-4)15-40-31-19-52-44-33(31)46/h5-10,13-14,25,31,40H,11-12,15-19H2,1-4H3,(H,43,45)(H,44,46)/t25-,31-/m1/s1. The van der Waals surface area contributed by atoms with Gasteiger partial charge in [0.05, 0.1) is 33.4 Å². The number of aromatic nitrogens is 2. The number of nitrogens with one attached hydrogen (secondary N) is 3. The van der Waals surface area contributed by atoms with E-state index in [-0.39, 0.29) is 49.3 Å². The minimum absolute atomic E-state index is 0.130. The Hall–Kier alpha value is -4.66. The molecular weight excluding hydrogens is 713 g/mol. The minimum atomic E-state index is -0.482. The molecule has 2 atom stereocenters. The maximum Gasteiger partial charge on any atom is 0.263 e. The molecule has 13 nitrogen and oxygen atoms in total. The first-order valence-electron chi connectivity index (χ1n) is 16.6. The highest BCUT2D eigenvalue weighted by molar-refractivity contribution is 6.32. The number of methoxy groups -OCH3 is 2. The molecule has 2 saturated heterocycles. The Morgan fingerprint density at radius 1 is 0.750 bits per heavy atom. The van der Waals surface area contributed by atoms with Crippen LogP contribution in [0.25, 0.3) is 11.1 Å². The average molecular weight is 753 g/mol. The summed E-state index contributed by atoms with van der Waals surface area (Å²) in [4.78, 5) is 42.7. The molecule has 274 valence electrons. The Morgan fingerprint density at radius 2 is 1.29 bits per heavy atom. The van der Waals surface area contributed by atoms with E-state index in [9.17, 15) is 9.59 Å². The largest absolute Gasteiger partial charge is 0.481 e. The van der Waals surface area contributed by atoms with Gasteiger partial charge in [0, 0.05) is 17.7 Å². The van der Waals surface area contributed by atoms with E-state index < -0.39 is 6.04 Å². The van der Waals surface area contributed by atoms with Gasteiger partial charge in [0.1, 0.15) is 29.3 Å². The van der Waals surface area contributed by atoms with Crippen LogP contribution in [0.15, 0.2) is 48.5 Å². The highest BCUT2D eigenvalue weighted by Crippen LogP contribution is 2.35. The van der Waals surface area contributed by atoms with Crippen LogP contribution in [0, 0.1) is 19.8 Å². The molecule has 0 saturated carbocycles. The molecule has 4 heterocycles. The number of rotatable bonds is 15. The number of carbonyl (C=O) groups excluding carboxylic acids is 2. The van der Waals surface area contributed by atoms with Crippen molar-refractivity contribution in [3.05, 3.63) is 92.0 Å². The van der Waals surface area contributed by atoms with Crippen LogP contribution in [0.4, 0.5) is 0 Å². The Bertz CT molecular complexity index is 1820. The molecule has 2 aromatic carbocycles. The number of ether oxygens (including phenoxy) is 4. The molecule has 6 rings (SSSR count). The van der Waals surface area contributed by atoms with Crippen molar-refractivity contribution in [2.45, 2.75) is 52.5 Å². The molecular formula is C37H39Cl2N5O8. The minimum Gasteiger partial charge on any atom is -0.481 e. The van der Waals surface area contributed by atoms with Gasteiger partial charge in [-0.05, 0) is 72.2 Å². The first kappa shape index (κ1) is 37.1. The van der Waals surface area contributed by atoms with Gasteiger partial charge in [-0.1, -0.05) is 59.6 Å². The zero-order valence-corrected chi connectivity index (χ0v) is 30.7. The van der Waals surface area contributed by atoms with Crippen LogP contribution in [0.5, 0.6) is 23.5 Å². The lowest BCUT2D eigenvalue weighted by Gasteiger charge is -2.18. The number of benzene rings is 2. The lowest BCUT2D eigenvalue weighted by atomic mass is 9.92. The van der Waals surface area contributed by atoms with E-state index in [4.69, 9.17) is 51.8 Å².